The van der Waals surface area contributed by atoms with Crippen LogP contribution in [0.5, 0.6) is 0 Å². The van der Waals surface area contributed by atoms with E-state index in [1.807, 2.05) is 0 Å². The number of hydrogen-bond donors (Lipinski definition) is 8. The number of fused-ring (bicyclic) bond motifs is 2. The number of aromatic nitrogens is 10. The van der Waals surface area contributed by atoms with Gasteiger partial charge in [-0.3, -0.25) is 78.1 Å². The molecule has 15 unspecified atom stereocenters. The molecule has 0 saturated carbocycles. The Kier molecular flexibility index (Phi) is 47.6. The average Bonchev–Trinajstić information content (AvgIpc) is 1.62. The molecule has 4 fully saturated rings. The third-order valence-electron chi connectivity index (χ3n) is 17.9. The van der Waals surface area contributed by atoms with Gasteiger partial charge in [-0.1, -0.05) is 47.8 Å². The molecule has 0 spiro atoms. The molecule has 5 aliphatic rings. The van der Waals surface area contributed by atoms with Gasteiger partial charge in [0.15, 0.2) is 22.6 Å². The van der Waals surface area contributed by atoms with Crippen molar-refractivity contribution in [2.45, 2.75) is 192 Å². The number of amides is 1. The molecule has 5 aromatic rings. The van der Waals surface area contributed by atoms with Gasteiger partial charge < -0.3 is 161 Å². The zero-order chi connectivity index (χ0) is 109. The van der Waals surface area contributed by atoms with E-state index in [4.69, 9.17) is 97.5 Å². The number of aryl methyl sites for hydroxylation is 1. The van der Waals surface area contributed by atoms with Crippen LogP contribution >= 0.6 is 93.9 Å². The molecule has 5 aromatic heterocycles. The third-order valence-corrected chi connectivity index (χ3v) is 32.7. The number of terminal acetylenes is 1. The zero-order valence-corrected chi connectivity index (χ0v) is 84.6. The lowest BCUT2D eigenvalue weighted by Crippen LogP contribution is -2.42. The second kappa shape index (κ2) is 54.9. The van der Waals surface area contributed by atoms with Crippen molar-refractivity contribution in [1.82, 2.24) is 58.8 Å². The lowest BCUT2D eigenvalue weighted by Gasteiger charge is -2.34. The van der Waals surface area contributed by atoms with E-state index in [-0.39, 0.29) is 98.0 Å². The number of H-pyrrole nitrogens is 1. The molecule has 0 aromatic carbocycles. The minimum atomic E-state index is -6.12. The van der Waals surface area contributed by atoms with Crippen LogP contribution in [0.15, 0.2) is 85.5 Å². The van der Waals surface area contributed by atoms with Gasteiger partial charge in [-0.05, 0) is 68.2 Å². The number of aromatic amines is 1. The third kappa shape index (κ3) is 43.1. The van der Waals surface area contributed by atoms with Crippen LogP contribution in [0.4, 0.5) is 11.6 Å². The topological polar surface area (TPSA) is 1170 Å². The second-order valence-electron chi connectivity index (χ2n) is 28.5. The molecule has 5 aliphatic heterocycles. The van der Waals surface area contributed by atoms with Crippen molar-refractivity contribution < 1.29 is 228 Å². The fourth-order valence-corrected chi connectivity index (χ4v) is 24.1. The number of nitrogens with one attached hydrogen (secondary N) is 2. The lowest BCUT2D eigenvalue weighted by atomic mass is 10.1. The number of ether oxygens (including phenoxy) is 8. The minimum Gasteiger partial charge on any atom is -0.756 e. The molecule has 89 heteroatoms. The van der Waals surface area contributed by atoms with Gasteiger partial charge in [-0.15, -0.1) is 24.2 Å². The first-order valence-corrected chi connectivity index (χ1v) is 57.1. The first kappa shape index (κ1) is 127. The van der Waals surface area contributed by atoms with E-state index < -0.39 is 237 Å². The summed E-state index contributed by atoms with van der Waals surface area (Å²) in [6, 6.07) is 1.28. The van der Waals surface area contributed by atoms with Crippen LogP contribution < -0.4 is 86.8 Å². The fourth-order valence-electron chi connectivity index (χ4n) is 12.5. The Morgan fingerprint density at radius 2 is 0.925 bits per heavy atom. The Morgan fingerprint density at radius 3 is 1.33 bits per heavy atom. The first-order valence-electron chi connectivity index (χ1n) is 39.4. The van der Waals surface area contributed by atoms with Crippen molar-refractivity contribution >= 4 is 134 Å². The van der Waals surface area contributed by atoms with E-state index >= 15 is 0 Å². The number of nitrogens with two attached hydrogens (primary N) is 2. The van der Waals surface area contributed by atoms with Gasteiger partial charge in [0.25, 0.3) is 105 Å². The number of carbonyl (C=O) groups is 1. The first-order chi connectivity index (χ1) is 67.6. The summed E-state index contributed by atoms with van der Waals surface area (Å²) in [6.45, 7) is 6.02. The number of nitrogens with zero attached hydrogens (tertiary/aromatic N) is 22. The smallest absolute Gasteiger partial charge is 0.351 e. The number of phosphoric ester groups is 4. The Morgan fingerprint density at radius 1 is 0.537 bits per heavy atom. The highest BCUT2D eigenvalue weighted by Gasteiger charge is 2.46. The Balaban J connectivity index is 0.000000299. The van der Waals surface area contributed by atoms with Gasteiger partial charge in [0.1, 0.15) is 104 Å². The molecule has 147 heavy (non-hydrogen) atoms. The Bertz CT molecular complexity index is 6600. The number of phosphoric acid groups is 12. The largest absolute Gasteiger partial charge is 0.756 e. The van der Waals surface area contributed by atoms with Crippen LogP contribution in [0, 0.1) is 31.1 Å². The molecular formula is C58H80N26O51P12-12. The maximum atomic E-state index is 12.2. The van der Waals surface area contributed by atoms with Crippen molar-refractivity contribution in [3.63, 3.8) is 0 Å². The molecule has 10 heterocycles. The van der Waals surface area contributed by atoms with Gasteiger partial charge in [0.2, 0.25) is 0 Å². The van der Waals surface area contributed by atoms with Crippen molar-refractivity contribution in [1.29, 1.82) is 0 Å². The number of anilines is 2. The van der Waals surface area contributed by atoms with E-state index in [2.05, 4.69) is 157 Å². The van der Waals surface area contributed by atoms with Gasteiger partial charge in [-0.2, -0.15) is 4.98 Å². The highest BCUT2D eigenvalue weighted by atomic mass is 31.3. The zero-order valence-electron chi connectivity index (χ0n) is 73.9. The highest BCUT2D eigenvalue weighted by molar-refractivity contribution is 7.67. The summed E-state index contributed by atoms with van der Waals surface area (Å²) in [5, 5.41) is 16.2. The highest BCUT2D eigenvalue weighted by Crippen LogP contribution is 2.65. The van der Waals surface area contributed by atoms with Gasteiger partial charge >= 0.3 is 5.69 Å². The van der Waals surface area contributed by atoms with Gasteiger partial charge in [0, 0.05) is 76.1 Å². The predicted octanol–water partition coefficient (Wildman–Crippen LogP) is -1.41. The maximum absolute atomic E-state index is 12.2. The van der Waals surface area contributed by atoms with E-state index in [9.17, 15) is 128 Å². The van der Waals surface area contributed by atoms with Crippen LogP contribution in [0.2, 0.25) is 0 Å². The van der Waals surface area contributed by atoms with Gasteiger partial charge in [-0.25, -0.2) is 64.2 Å². The molecule has 77 nitrogen and oxygen atoms in total. The van der Waals surface area contributed by atoms with Crippen LogP contribution in [0.1, 0.15) is 117 Å². The molecule has 27 atom stereocenters. The molecule has 820 valence electrons. The van der Waals surface area contributed by atoms with Gasteiger partial charge in [0.05, 0.1) is 63.5 Å². The number of azide groups is 4. The Labute approximate surface area is 822 Å². The summed E-state index contributed by atoms with van der Waals surface area (Å²) in [5.74, 6) is 7.80. The van der Waals surface area contributed by atoms with Crippen LogP contribution in [-0.2, 0) is 150 Å². The Hall–Kier alpha value is -8.19. The van der Waals surface area contributed by atoms with E-state index in [0.717, 1.165) is 4.57 Å². The number of hydrogen-bond acceptors (Lipinski definition) is 60. The van der Waals surface area contributed by atoms with Crippen LogP contribution in [0.25, 0.3) is 64.1 Å². The molecule has 1 amide bonds. The van der Waals surface area contributed by atoms with E-state index in [0.29, 0.717) is 24.8 Å². The number of carbonyl (C=O) groups excluding carboxylic acids is 1. The fraction of sp³-hybridized carbons (Fsp3) is 0.603. The molecule has 0 bridgehead atoms. The molecule has 0 radical (unpaired) electrons. The number of imidazole rings is 2. The lowest BCUT2D eigenvalue weighted by molar-refractivity contribution is -0.254. The van der Waals surface area contributed by atoms with Crippen LogP contribution in [-0.4, -0.2) is 186 Å². The predicted molar refractivity (Wildman–Crippen MR) is 455 cm³/mol. The SMILES string of the molecule is C.C#CCCC(N=[N+]=[N-])O[C@@H]1C[C@H](n2ccc(N)nc2=O)O[C@@H]1COP(=O)([O-])OP(=O)([O-])OP(=O)([O-])O.C=C1NC(=O)C(C)=CN1[C@H]1C[C@@H](OC(CCC)N=[N+]=[N-])[C@@H](COP(=O)([O-])OP(=O)([O-])OP(=O)([O-])O)O1.CC#CCCC(N=[N+]=[N-])O[C@@H]1C[C@H](n2cnc3c(N)ncnc32)O[C@@H]1COP(=O)([O-])OP(=O)([O-])OP(=O)([O-])O.Cc1nc2c(ncn2[C@H]2C[C@@H](OCN=[N+]=[N-])[C@@H](COP(=O)([O-])OP(=O)([O-])OP(=O)([O-])O)O2)c(=O)[nH]1. The summed E-state index contributed by atoms with van der Waals surface area (Å²) in [7, 11) is -71.1. The molecular weight excluding hydrogens is 2250 g/mol. The van der Waals surface area contributed by atoms with Crippen molar-refractivity contribution in [2.75, 3.05) is 44.6 Å². The molecule has 0 aliphatic carbocycles. The molecule has 10 rings (SSSR count). The number of nitrogen functional groups attached to an aromatic ring is 2. The normalized spacial score (nSPS) is 25.7. The average molecular weight is 2330 g/mol. The minimum absolute atomic E-state index is 0. The van der Waals surface area contributed by atoms with Crippen molar-refractivity contribution in [3.05, 3.63) is 124 Å². The summed E-state index contributed by atoms with van der Waals surface area (Å²) in [6.07, 6.45) is -2.99. The number of rotatable bonds is 50. The van der Waals surface area contributed by atoms with Crippen molar-refractivity contribution in [3.8, 4) is 24.2 Å². The maximum Gasteiger partial charge on any atom is 0.351 e. The molecule has 4 saturated heterocycles. The van der Waals surface area contributed by atoms with Crippen LogP contribution in [0.3, 0.4) is 0 Å². The summed E-state index contributed by atoms with van der Waals surface area (Å²) >= 11 is 0. The summed E-state index contributed by atoms with van der Waals surface area (Å²) < 4.78 is 230. The quantitative estimate of drug-likeness (QED) is 0.00729. The second-order valence-corrected chi connectivity index (χ2v) is 45.7. The molecule has 10 N–H and O–H groups in total. The van der Waals surface area contributed by atoms with E-state index in [1.165, 1.54) is 65.3 Å². The van der Waals surface area contributed by atoms with Crippen molar-refractivity contribution in [2.24, 2.45) is 20.5 Å². The monoisotopic (exact) mass is 2330 g/mol. The standard InChI is InChI=1S/C16H23N8O12P3.C15H26N5O13P3.C14H21N6O13P3.C12H18N7O13P3.CH4/c1-2-3-4-5-12(22-23-18)33-10-6-13(24-9-21-14-15(17)19-8-20-16(14)24)34-11(10)7-32-38(28,29)36-39(30,31)35-37(25,26)27;1-4-5-13(18-19-16)30-11-6-14(20-7-9(2)15(21)17-10(20)3)31-12(11)8-29-35(25,26)33-36(27,28)32-34(22,23)24;1-2-3-4-12(18-19-16)30-9-7-13(20-6-5-11(15)17-14(20)21)31-10(9)8-29-35(25,26)33-36(27,28)32-34(22,23)24;1-6-16-11-10(12(20)17-6)14-4-19(11)9-2-7(28-5-15-18-13)8(30-9)3-29-34(24,25)32-35(26,27)31-33(21,22)23;/h8-13H,4-7H2,1H3,(H,28,29)(H,30,31)(H2,17,19,20)(H2,25,26,27);7,11-14H,3-6,8H2,1-2H3,(H,17,21)(H,25,26)(H,27,28)(H2,22,23,24);1,5-6,9-10,12-13H,3-4,7-8H2,(H,25,26)(H,27,28)(H2,15,17,21)(H2,22,23,24);4,7-9H,2-3,5H2,1H3,(H,24,25)(H,26,27)(H,16,17,20)(H2,21,22,23);1H4/p-12/t10-,11-,12?,13-;11-,12-,13?,14-;9-,10-,12?,13-;7-,8-,9-;/m1111./s1. The van der Waals surface area contributed by atoms with E-state index in [1.54, 1.807) is 13.8 Å². The summed E-state index contributed by atoms with van der Waals surface area (Å²) in [4.78, 5) is 244. The summed E-state index contributed by atoms with van der Waals surface area (Å²) in [5.41, 5.74) is 45.7.